The molecule has 136 valence electrons. The second-order valence-corrected chi connectivity index (χ2v) is 6.79. The predicted octanol–water partition coefficient (Wildman–Crippen LogP) is 3.47. The SMILES string of the molecule is C=CCSc1ccccc1NC(=O)CN(C)CC(=O)Nc1ccccc1. The zero-order valence-corrected chi connectivity index (χ0v) is 15.6. The summed E-state index contributed by atoms with van der Waals surface area (Å²) in [5, 5.41) is 5.71. The molecule has 0 aliphatic carbocycles. The highest BCUT2D eigenvalue weighted by atomic mass is 32.2. The van der Waals surface area contributed by atoms with E-state index in [4.69, 9.17) is 0 Å². The number of hydrogen-bond donors (Lipinski definition) is 2. The first kappa shape index (κ1) is 19.8. The summed E-state index contributed by atoms with van der Waals surface area (Å²) in [6.07, 6.45) is 1.82. The van der Waals surface area contributed by atoms with Gasteiger partial charge in [-0.05, 0) is 31.3 Å². The van der Waals surface area contributed by atoms with Crippen molar-refractivity contribution in [2.45, 2.75) is 4.90 Å². The fraction of sp³-hybridized carbons (Fsp3) is 0.200. The highest BCUT2D eigenvalue weighted by molar-refractivity contribution is 7.99. The molecule has 0 radical (unpaired) electrons. The van der Waals surface area contributed by atoms with Crippen LogP contribution in [0.15, 0.2) is 72.1 Å². The highest BCUT2D eigenvalue weighted by Gasteiger charge is 2.12. The number of likely N-dealkylation sites (N-methyl/N-ethyl adjacent to an activating group) is 1. The Bertz CT molecular complexity index is 750. The summed E-state index contributed by atoms with van der Waals surface area (Å²) in [5.41, 5.74) is 1.51. The minimum absolute atomic E-state index is 0.128. The van der Waals surface area contributed by atoms with Gasteiger partial charge in [-0.3, -0.25) is 14.5 Å². The molecule has 0 saturated heterocycles. The van der Waals surface area contributed by atoms with E-state index in [-0.39, 0.29) is 24.9 Å². The quantitative estimate of drug-likeness (QED) is 0.525. The Kier molecular flexibility index (Phi) is 7.92. The number of carbonyl (C=O) groups is 2. The van der Waals surface area contributed by atoms with Gasteiger partial charge in [0.05, 0.1) is 18.8 Å². The van der Waals surface area contributed by atoms with Crippen molar-refractivity contribution in [3.8, 4) is 0 Å². The van der Waals surface area contributed by atoms with Crippen LogP contribution in [0, 0.1) is 0 Å². The number of amides is 2. The van der Waals surface area contributed by atoms with E-state index in [1.54, 1.807) is 23.7 Å². The third-order valence-corrected chi connectivity index (χ3v) is 4.47. The van der Waals surface area contributed by atoms with Crippen LogP contribution in [0.2, 0.25) is 0 Å². The van der Waals surface area contributed by atoms with Crippen LogP contribution >= 0.6 is 11.8 Å². The Morgan fingerprint density at radius 1 is 1.00 bits per heavy atom. The van der Waals surface area contributed by atoms with E-state index in [1.165, 1.54) is 0 Å². The standard InChI is InChI=1S/C20H23N3O2S/c1-3-13-26-18-12-8-7-11-17(18)22-20(25)15-23(2)14-19(24)21-16-9-5-4-6-10-16/h3-12H,1,13-15H2,2H3,(H,21,24)(H,22,25). The molecule has 0 atom stereocenters. The Morgan fingerprint density at radius 3 is 2.31 bits per heavy atom. The topological polar surface area (TPSA) is 61.4 Å². The molecule has 0 fully saturated rings. The zero-order chi connectivity index (χ0) is 18.8. The molecule has 6 heteroatoms. The van der Waals surface area contributed by atoms with Crippen molar-refractivity contribution in [2.75, 3.05) is 36.5 Å². The lowest BCUT2D eigenvalue weighted by molar-refractivity contribution is -0.119. The van der Waals surface area contributed by atoms with E-state index in [1.807, 2.05) is 60.7 Å². The Balaban J connectivity index is 1.83. The van der Waals surface area contributed by atoms with Gasteiger partial charge in [0, 0.05) is 16.3 Å². The molecule has 2 amide bonds. The maximum atomic E-state index is 12.3. The Labute approximate surface area is 158 Å². The van der Waals surface area contributed by atoms with Gasteiger partial charge in [0.1, 0.15) is 0 Å². The number of nitrogens with zero attached hydrogens (tertiary/aromatic N) is 1. The molecule has 0 aromatic heterocycles. The maximum absolute atomic E-state index is 12.3. The molecular weight excluding hydrogens is 346 g/mol. The number of benzene rings is 2. The first-order valence-corrected chi connectivity index (χ1v) is 9.23. The van der Waals surface area contributed by atoms with Crippen molar-refractivity contribution in [3.63, 3.8) is 0 Å². The molecular formula is C20H23N3O2S. The number of nitrogens with one attached hydrogen (secondary N) is 2. The first-order valence-electron chi connectivity index (χ1n) is 8.24. The summed E-state index contributed by atoms with van der Waals surface area (Å²) in [5.74, 6) is 0.451. The smallest absolute Gasteiger partial charge is 0.238 e. The van der Waals surface area contributed by atoms with Gasteiger partial charge in [0.2, 0.25) is 11.8 Å². The van der Waals surface area contributed by atoms with Gasteiger partial charge in [-0.2, -0.15) is 0 Å². The summed E-state index contributed by atoms with van der Waals surface area (Å²) in [4.78, 5) is 27.0. The molecule has 0 heterocycles. The lowest BCUT2D eigenvalue weighted by Crippen LogP contribution is -2.36. The average molecular weight is 369 g/mol. The molecule has 26 heavy (non-hydrogen) atoms. The molecule has 2 aromatic carbocycles. The lowest BCUT2D eigenvalue weighted by Gasteiger charge is -2.17. The van der Waals surface area contributed by atoms with Crippen molar-refractivity contribution in [1.82, 2.24) is 4.90 Å². The van der Waals surface area contributed by atoms with Gasteiger partial charge in [-0.1, -0.05) is 36.4 Å². The lowest BCUT2D eigenvalue weighted by atomic mass is 10.3. The number of thioether (sulfide) groups is 1. The first-order chi connectivity index (χ1) is 12.6. The monoisotopic (exact) mass is 369 g/mol. The van der Waals surface area contributed by atoms with Gasteiger partial charge in [0.15, 0.2) is 0 Å². The van der Waals surface area contributed by atoms with Crippen molar-refractivity contribution in [3.05, 3.63) is 67.3 Å². The van der Waals surface area contributed by atoms with Crippen LogP contribution in [0.4, 0.5) is 11.4 Å². The van der Waals surface area contributed by atoms with Crippen LogP contribution in [0.25, 0.3) is 0 Å². The number of para-hydroxylation sites is 2. The van der Waals surface area contributed by atoms with E-state index in [9.17, 15) is 9.59 Å². The summed E-state index contributed by atoms with van der Waals surface area (Å²) in [7, 11) is 1.74. The molecule has 0 aliphatic rings. The van der Waals surface area contributed by atoms with E-state index in [0.717, 1.165) is 22.0 Å². The van der Waals surface area contributed by atoms with Crippen LogP contribution in [0.3, 0.4) is 0 Å². The molecule has 2 rings (SSSR count). The van der Waals surface area contributed by atoms with E-state index in [0.29, 0.717) is 0 Å². The summed E-state index contributed by atoms with van der Waals surface area (Å²) >= 11 is 1.61. The van der Waals surface area contributed by atoms with Gasteiger partial charge < -0.3 is 10.6 Å². The molecule has 0 aliphatic heterocycles. The van der Waals surface area contributed by atoms with Crippen molar-refractivity contribution >= 4 is 35.0 Å². The minimum Gasteiger partial charge on any atom is -0.325 e. The van der Waals surface area contributed by atoms with Crippen LogP contribution in [-0.2, 0) is 9.59 Å². The van der Waals surface area contributed by atoms with Crippen LogP contribution in [-0.4, -0.2) is 42.6 Å². The number of anilines is 2. The largest absolute Gasteiger partial charge is 0.325 e. The molecule has 0 saturated carbocycles. The van der Waals surface area contributed by atoms with Gasteiger partial charge in [-0.25, -0.2) is 0 Å². The molecule has 0 unspecified atom stereocenters. The third kappa shape index (κ3) is 6.74. The van der Waals surface area contributed by atoms with Crippen LogP contribution in [0.1, 0.15) is 0 Å². The molecule has 2 N–H and O–H groups in total. The van der Waals surface area contributed by atoms with Gasteiger partial charge in [0.25, 0.3) is 0 Å². The van der Waals surface area contributed by atoms with Crippen molar-refractivity contribution in [2.24, 2.45) is 0 Å². The van der Waals surface area contributed by atoms with Gasteiger partial charge in [-0.15, -0.1) is 18.3 Å². The fourth-order valence-corrected chi connectivity index (χ4v) is 3.05. The summed E-state index contributed by atoms with van der Waals surface area (Å²) in [6, 6.07) is 16.9. The Morgan fingerprint density at radius 2 is 1.62 bits per heavy atom. The van der Waals surface area contributed by atoms with Gasteiger partial charge >= 0.3 is 0 Å². The van der Waals surface area contributed by atoms with Crippen molar-refractivity contribution in [1.29, 1.82) is 0 Å². The molecule has 2 aromatic rings. The molecule has 0 bridgehead atoms. The number of rotatable bonds is 9. The van der Waals surface area contributed by atoms with Crippen LogP contribution < -0.4 is 10.6 Å². The number of carbonyl (C=O) groups excluding carboxylic acids is 2. The van der Waals surface area contributed by atoms with Crippen LogP contribution in [0.5, 0.6) is 0 Å². The fourth-order valence-electron chi connectivity index (χ4n) is 2.30. The average Bonchev–Trinajstić information content (AvgIpc) is 2.61. The minimum atomic E-state index is -0.160. The zero-order valence-electron chi connectivity index (χ0n) is 14.8. The normalized spacial score (nSPS) is 10.4. The second kappa shape index (κ2) is 10.4. The second-order valence-electron chi connectivity index (χ2n) is 5.73. The number of hydrogen-bond acceptors (Lipinski definition) is 4. The Hall–Kier alpha value is -2.57. The highest BCUT2D eigenvalue weighted by Crippen LogP contribution is 2.26. The maximum Gasteiger partial charge on any atom is 0.238 e. The van der Waals surface area contributed by atoms with Crippen molar-refractivity contribution < 1.29 is 9.59 Å². The van der Waals surface area contributed by atoms with E-state index < -0.39 is 0 Å². The summed E-state index contributed by atoms with van der Waals surface area (Å²) in [6.45, 7) is 3.97. The predicted molar refractivity (Wildman–Crippen MR) is 109 cm³/mol. The third-order valence-electron chi connectivity index (χ3n) is 3.40. The molecule has 5 nitrogen and oxygen atoms in total. The van der Waals surface area contributed by atoms with E-state index >= 15 is 0 Å². The van der Waals surface area contributed by atoms with E-state index in [2.05, 4.69) is 17.2 Å². The molecule has 0 spiro atoms. The summed E-state index contributed by atoms with van der Waals surface area (Å²) < 4.78 is 0.